The van der Waals surface area contributed by atoms with Crippen LogP contribution in [0.2, 0.25) is 0 Å². The van der Waals surface area contributed by atoms with Crippen LogP contribution in [0.15, 0.2) is 41.9 Å². The maximum Gasteiger partial charge on any atom is 0.239 e. The number of carbonyl (C=O) groups excluding carboxylic acids is 1. The predicted octanol–water partition coefficient (Wildman–Crippen LogP) is 2.21. The third-order valence-electron chi connectivity index (χ3n) is 2.35. The van der Waals surface area contributed by atoms with E-state index in [4.69, 9.17) is 0 Å². The van der Waals surface area contributed by atoms with Crippen molar-refractivity contribution in [2.75, 3.05) is 18.9 Å². The number of nitrogens with one attached hydrogen (secondary N) is 1. The lowest BCUT2D eigenvalue weighted by atomic mass is 10.4. The molecule has 2 heterocycles. The van der Waals surface area contributed by atoms with Crippen LogP contribution in [0.3, 0.4) is 0 Å². The van der Waals surface area contributed by atoms with Crippen LogP contribution in [0.5, 0.6) is 0 Å². The summed E-state index contributed by atoms with van der Waals surface area (Å²) >= 11 is 1.70. The number of aromatic nitrogens is 1. The van der Waals surface area contributed by atoms with E-state index in [0.29, 0.717) is 12.4 Å². The van der Waals surface area contributed by atoms with Crippen LogP contribution < -0.4 is 5.32 Å². The molecule has 0 aliphatic heterocycles. The van der Waals surface area contributed by atoms with Crippen molar-refractivity contribution in [2.24, 2.45) is 0 Å². The molecule has 0 atom stereocenters. The minimum atomic E-state index is -0.0484. The fourth-order valence-corrected chi connectivity index (χ4v) is 2.37. The van der Waals surface area contributed by atoms with Crippen molar-refractivity contribution >= 4 is 23.1 Å². The van der Waals surface area contributed by atoms with Gasteiger partial charge in [0.25, 0.3) is 0 Å². The number of rotatable bonds is 5. The molecular formula is C13H15N3OS. The summed E-state index contributed by atoms with van der Waals surface area (Å²) in [6.45, 7) is 1.14. The molecule has 18 heavy (non-hydrogen) atoms. The molecule has 2 aromatic rings. The second-order valence-corrected chi connectivity index (χ2v) is 5.05. The maximum atomic E-state index is 11.8. The zero-order valence-electron chi connectivity index (χ0n) is 10.2. The first-order valence-corrected chi connectivity index (χ1v) is 6.54. The molecule has 2 aromatic heterocycles. The molecule has 0 radical (unpaired) electrons. The van der Waals surface area contributed by atoms with Gasteiger partial charge in [0.2, 0.25) is 5.91 Å². The van der Waals surface area contributed by atoms with Gasteiger partial charge in [0.15, 0.2) is 0 Å². The zero-order valence-corrected chi connectivity index (χ0v) is 11.0. The number of amides is 1. The van der Waals surface area contributed by atoms with E-state index in [1.54, 1.807) is 23.6 Å². The lowest BCUT2D eigenvalue weighted by Gasteiger charge is -2.14. The molecule has 0 spiro atoms. The standard InChI is InChI=1S/C13H15N3OS/c1-16(9-11-5-4-8-18-11)10-13(17)15-12-6-2-3-7-14-12/h2-8H,9-10H2,1H3,(H,14,15,17). The number of hydrogen-bond acceptors (Lipinski definition) is 4. The van der Waals surface area contributed by atoms with Crippen LogP contribution in [-0.4, -0.2) is 29.4 Å². The fraction of sp³-hybridized carbons (Fsp3) is 0.231. The van der Waals surface area contributed by atoms with Crippen molar-refractivity contribution in [3.63, 3.8) is 0 Å². The number of likely N-dealkylation sites (N-methyl/N-ethyl adjacent to an activating group) is 1. The van der Waals surface area contributed by atoms with Crippen molar-refractivity contribution in [1.29, 1.82) is 0 Å². The largest absolute Gasteiger partial charge is 0.310 e. The SMILES string of the molecule is CN(CC(=O)Nc1ccccn1)Cc1cccs1. The lowest BCUT2D eigenvalue weighted by molar-refractivity contribution is -0.117. The lowest BCUT2D eigenvalue weighted by Crippen LogP contribution is -2.29. The molecular weight excluding hydrogens is 246 g/mol. The number of thiophene rings is 1. The highest BCUT2D eigenvalue weighted by molar-refractivity contribution is 7.09. The number of anilines is 1. The molecule has 4 nitrogen and oxygen atoms in total. The Bertz CT molecular complexity index is 484. The van der Waals surface area contributed by atoms with E-state index in [9.17, 15) is 4.79 Å². The van der Waals surface area contributed by atoms with Crippen LogP contribution >= 0.6 is 11.3 Å². The van der Waals surface area contributed by atoms with Crippen LogP contribution in [0, 0.1) is 0 Å². The molecule has 5 heteroatoms. The molecule has 94 valence electrons. The first-order valence-electron chi connectivity index (χ1n) is 5.66. The third-order valence-corrected chi connectivity index (χ3v) is 3.21. The monoisotopic (exact) mass is 261 g/mol. The Morgan fingerprint density at radius 2 is 2.28 bits per heavy atom. The first kappa shape index (κ1) is 12.7. The summed E-state index contributed by atoms with van der Waals surface area (Å²) in [6.07, 6.45) is 1.66. The summed E-state index contributed by atoms with van der Waals surface area (Å²) < 4.78 is 0. The van der Waals surface area contributed by atoms with Gasteiger partial charge in [-0.05, 0) is 30.6 Å². The summed E-state index contributed by atoms with van der Waals surface area (Å²) in [6, 6.07) is 9.52. The molecule has 1 N–H and O–H groups in total. The molecule has 0 aromatic carbocycles. The number of carbonyl (C=O) groups is 1. The fourth-order valence-electron chi connectivity index (χ4n) is 1.59. The third kappa shape index (κ3) is 3.94. The van der Waals surface area contributed by atoms with Crippen molar-refractivity contribution in [2.45, 2.75) is 6.54 Å². The van der Waals surface area contributed by atoms with E-state index in [-0.39, 0.29) is 5.91 Å². The van der Waals surface area contributed by atoms with E-state index in [0.717, 1.165) is 6.54 Å². The molecule has 0 aliphatic carbocycles. The van der Waals surface area contributed by atoms with E-state index in [1.807, 2.05) is 35.5 Å². The van der Waals surface area contributed by atoms with E-state index in [1.165, 1.54) is 4.88 Å². The van der Waals surface area contributed by atoms with Crippen LogP contribution in [-0.2, 0) is 11.3 Å². The normalized spacial score (nSPS) is 10.6. The number of nitrogens with zero attached hydrogens (tertiary/aromatic N) is 2. The Hall–Kier alpha value is -1.72. The summed E-state index contributed by atoms with van der Waals surface area (Å²) in [7, 11) is 1.93. The first-order chi connectivity index (χ1) is 8.74. The van der Waals surface area contributed by atoms with Gasteiger partial charge >= 0.3 is 0 Å². The molecule has 0 unspecified atom stereocenters. The highest BCUT2D eigenvalue weighted by Gasteiger charge is 2.08. The Morgan fingerprint density at radius 3 is 2.94 bits per heavy atom. The summed E-state index contributed by atoms with van der Waals surface area (Å²) in [5.74, 6) is 0.541. The van der Waals surface area contributed by atoms with E-state index in [2.05, 4.69) is 16.4 Å². The summed E-state index contributed by atoms with van der Waals surface area (Å²) in [5, 5.41) is 4.80. The molecule has 0 saturated carbocycles. The average molecular weight is 261 g/mol. The average Bonchev–Trinajstić information content (AvgIpc) is 2.82. The molecule has 0 aliphatic rings. The Morgan fingerprint density at radius 1 is 1.39 bits per heavy atom. The number of pyridine rings is 1. The van der Waals surface area contributed by atoms with Gasteiger partial charge in [-0.25, -0.2) is 4.98 Å². The smallest absolute Gasteiger partial charge is 0.239 e. The maximum absolute atomic E-state index is 11.8. The molecule has 0 fully saturated rings. The minimum absolute atomic E-state index is 0.0484. The van der Waals surface area contributed by atoms with Crippen molar-refractivity contribution in [1.82, 2.24) is 9.88 Å². The Kier molecular flexibility index (Phi) is 4.44. The quantitative estimate of drug-likeness (QED) is 0.897. The second-order valence-electron chi connectivity index (χ2n) is 4.01. The van der Waals surface area contributed by atoms with Gasteiger partial charge in [-0.15, -0.1) is 11.3 Å². The van der Waals surface area contributed by atoms with E-state index >= 15 is 0 Å². The molecule has 1 amide bonds. The van der Waals surface area contributed by atoms with Crippen molar-refractivity contribution in [3.8, 4) is 0 Å². The highest BCUT2D eigenvalue weighted by atomic mass is 32.1. The van der Waals surface area contributed by atoms with Gasteiger partial charge in [0.1, 0.15) is 5.82 Å². The summed E-state index contributed by atoms with van der Waals surface area (Å²) in [4.78, 5) is 19.0. The molecule has 2 rings (SSSR count). The molecule has 0 bridgehead atoms. The van der Waals surface area contributed by atoms with Crippen molar-refractivity contribution < 1.29 is 4.79 Å². The van der Waals surface area contributed by atoms with Gasteiger partial charge < -0.3 is 5.32 Å². The zero-order chi connectivity index (χ0) is 12.8. The number of hydrogen-bond donors (Lipinski definition) is 1. The van der Waals surface area contributed by atoms with Gasteiger partial charge in [-0.3, -0.25) is 9.69 Å². The van der Waals surface area contributed by atoms with Gasteiger partial charge in [-0.1, -0.05) is 12.1 Å². The van der Waals surface area contributed by atoms with Crippen LogP contribution in [0.4, 0.5) is 5.82 Å². The summed E-state index contributed by atoms with van der Waals surface area (Å²) in [5.41, 5.74) is 0. The van der Waals surface area contributed by atoms with Crippen LogP contribution in [0.25, 0.3) is 0 Å². The van der Waals surface area contributed by atoms with E-state index < -0.39 is 0 Å². The van der Waals surface area contributed by atoms with Gasteiger partial charge in [-0.2, -0.15) is 0 Å². The predicted molar refractivity (Wildman–Crippen MR) is 73.5 cm³/mol. The second kappa shape index (κ2) is 6.28. The Balaban J connectivity index is 1.80. The Labute approximate surface area is 110 Å². The van der Waals surface area contributed by atoms with Crippen molar-refractivity contribution in [3.05, 3.63) is 46.8 Å². The van der Waals surface area contributed by atoms with Crippen LogP contribution in [0.1, 0.15) is 4.88 Å². The molecule has 0 saturated heterocycles. The topological polar surface area (TPSA) is 45.2 Å². The minimum Gasteiger partial charge on any atom is -0.310 e. The highest BCUT2D eigenvalue weighted by Crippen LogP contribution is 2.10. The van der Waals surface area contributed by atoms with Gasteiger partial charge in [0, 0.05) is 17.6 Å². The van der Waals surface area contributed by atoms with Gasteiger partial charge in [0.05, 0.1) is 6.54 Å².